The van der Waals surface area contributed by atoms with E-state index < -0.39 is 5.97 Å². The third-order valence-corrected chi connectivity index (χ3v) is 2.69. The summed E-state index contributed by atoms with van der Waals surface area (Å²) in [5.41, 5.74) is -0.349. The van der Waals surface area contributed by atoms with E-state index in [4.69, 9.17) is 5.11 Å². The van der Waals surface area contributed by atoms with Gasteiger partial charge >= 0.3 is 5.97 Å². The maximum Gasteiger partial charge on any atom is 0.305 e. The molecule has 0 rings (SSSR count). The molecule has 0 fully saturated rings. The predicted octanol–water partition coefficient (Wildman–Crippen LogP) is 1.48. The molecule has 5 nitrogen and oxygen atoms in total. The number of nitrogens with one attached hydrogen (secondary N) is 1. The van der Waals surface area contributed by atoms with Gasteiger partial charge in [-0.2, -0.15) is 0 Å². The number of carboxylic acids is 1. The lowest BCUT2D eigenvalue weighted by atomic mass is 10.0. The number of carbonyl (C=O) groups is 2. The Morgan fingerprint density at radius 3 is 2.28 bits per heavy atom. The molecule has 0 saturated carbocycles. The van der Waals surface area contributed by atoms with E-state index in [-0.39, 0.29) is 30.5 Å². The second-order valence-corrected chi connectivity index (χ2v) is 5.52. The van der Waals surface area contributed by atoms with Gasteiger partial charge in [-0.05, 0) is 34.2 Å². The van der Waals surface area contributed by atoms with Crippen molar-refractivity contribution < 1.29 is 14.7 Å². The third kappa shape index (κ3) is 6.59. The van der Waals surface area contributed by atoms with Crippen LogP contribution >= 0.6 is 0 Å². The zero-order valence-corrected chi connectivity index (χ0v) is 12.1. The zero-order chi connectivity index (χ0) is 14.3. The first-order valence-electron chi connectivity index (χ1n) is 6.44. The van der Waals surface area contributed by atoms with Gasteiger partial charge in [0.05, 0.1) is 6.42 Å². The van der Waals surface area contributed by atoms with Crippen LogP contribution in [0, 0.1) is 0 Å². The molecule has 0 aromatic heterocycles. The molecule has 5 heteroatoms. The average Bonchev–Trinajstić information content (AvgIpc) is 2.14. The first kappa shape index (κ1) is 16.9. The maximum atomic E-state index is 12.2. The van der Waals surface area contributed by atoms with E-state index in [1.807, 2.05) is 34.6 Å². The molecule has 0 heterocycles. The summed E-state index contributed by atoms with van der Waals surface area (Å²) < 4.78 is 0. The average molecular weight is 258 g/mol. The topological polar surface area (TPSA) is 69.6 Å². The van der Waals surface area contributed by atoms with Crippen LogP contribution in [0.5, 0.6) is 0 Å². The minimum Gasteiger partial charge on any atom is -0.481 e. The highest BCUT2D eigenvalue weighted by Gasteiger charge is 2.27. The SMILES string of the molecule is CCNC(C)CC(=O)N(CCC(=O)O)C(C)(C)C. The van der Waals surface area contributed by atoms with Gasteiger partial charge in [0.2, 0.25) is 5.91 Å². The molecule has 0 saturated heterocycles. The number of carbonyl (C=O) groups excluding carboxylic acids is 1. The molecule has 2 N–H and O–H groups in total. The Balaban J connectivity index is 4.55. The summed E-state index contributed by atoms with van der Waals surface area (Å²) in [6.45, 7) is 10.8. The molecule has 0 aliphatic carbocycles. The van der Waals surface area contributed by atoms with E-state index in [2.05, 4.69) is 5.32 Å². The number of hydrogen-bond acceptors (Lipinski definition) is 3. The maximum absolute atomic E-state index is 12.2. The highest BCUT2D eigenvalue weighted by molar-refractivity contribution is 5.78. The summed E-state index contributed by atoms with van der Waals surface area (Å²) in [4.78, 5) is 24.5. The van der Waals surface area contributed by atoms with Crippen LogP contribution in [-0.4, -0.2) is 46.6 Å². The van der Waals surface area contributed by atoms with Gasteiger partial charge in [-0.15, -0.1) is 0 Å². The van der Waals surface area contributed by atoms with Crippen molar-refractivity contribution in [1.29, 1.82) is 0 Å². The van der Waals surface area contributed by atoms with Crippen molar-refractivity contribution in [3.8, 4) is 0 Å². The minimum absolute atomic E-state index is 0.00259. The van der Waals surface area contributed by atoms with Crippen molar-refractivity contribution >= 4 is 11.9 Å². The molecule has 1 unspecified atom stereocenters. The fourth-order valence-corrected chi connectivity index (χ4v) is 1.83. The van der Waals surface area contributed by atoms with Crippen LogP contribution in [0.25, 0.3) is 0 Å². The first-order chi connectivity index (χ1) is 8.18. The summed E-state index contributed by atoms with van der Waals surface area (Å²) in [7, 11) is 0. The van der Waals surface area contributed by atoms with Gasteiger partial charge < -0.3 is 15.3 Å². The lowest BCUT2D eigenvalue weighted by molar-refractivity contribution is -0.140. The molecule has 0 spiro atoms. The summed E-state index contributed by atoms with van der Waals surface area (Å²) >= 11 is 0. The minimum atomic E-state index is -0.878. The van der Waals surface area contributed by atoms with Crippen LogP contribution in [-0.2, 0) is 9.59 Å². The number of nitrogens with zero attached hydrogens (tertiary/aromatic N) is 1. The summed E-state index contributed by atoms with van der Waals surface area (Å²) in [5, 5.41) is 11.9. The Bertz CT molecular complexity index is 284. The largest absolute Gasteiger partial charge is 0.481 e. The second kappa shape index (κ2) is 7.36. The molecule has 18 heavy (non-hydrogen) atoms. The van der Waals surface area contributed by atoms with Gasteiger partial charge in [-0.1, -0.05) is 6.92 Å². The molecule has 106 valence electrons. The quantitative estimate of drug-likeness (QED) is 0.725. The Morgan fingerprint density at radius 2 is 1.89 bits per heavy atom. The van der Waals surface area contributed by atoms with E-state index in [9.17, 15) is 9.59 Å². The van der Waals surface area contributed by atoms with Crippen LogP contribution in [0.3, 0.4) is 0 Å². The third-order valence-electron chi connectivity index (χ3n) is 2.69. The van der Waals surface area contributed by atoms with Crippen molar-refractivity contribution in [2.24, 2.45) is 0 Å². The van der Waals surface area contributed by atoms with Crippen LogP contribution in [0.4, 0.5) is 0 Å². The Labute approximate surface area is 110 Å². The molecule has 0 bridgehead atoms. The lowest BCUT2D eigenvalue weighted by Gasteiger charge is -2.36. The summed E-state index contributed by atoms with van der Waals surface area (Å²) in [6.07, 6.45) is 0.378. The van der Waals surface area contributed by atoms with E-state index in [0.717, 1.165) is 6.54 Å². The van der Waals surface area contributed by atoms with Crippen molar-refractivity contribution in [2.45, 2.75) is 59.0 Å². The summed E-state index contributed by atoms with van der Waals surface area (Å²) in [6, 6.07) is 0.108. The first-order valence-corrected chi connectivity index (χ1v) is 6.44. The van der Waals surface area contributed by atoms with Crippen LogP contribution < -0.4 is 5.32 Å². The molecule has 1 atom stereocenters. The highest BCUT2D eigenvalue weighted by atomic mass is 16.4. The number of rotatable bonds is 7. The second-order valence-electron chi connectivity index (χ2n) is 5.52. The molecular weight excluding hydrogens is 232 g/mol. The molecule has 0 aromatic carbocycles. The monoisotopic (exact) mass is 258 g/mol. The molecule has 0 aromatic rings. The molecule has 0 aliphatic heterocycles. The Hall–Kier alpha value is -1.10. The predicted molar refractivity (Wildman–Crippen MR) is 71.5 cm³/mol. The lowest BCUT2D eigenvalue weighted by Crippen LogP contribution is -2.48. The highest BCUT2D eigenvalue weighted by Crippen LogP contribution is 2.16. The molecule has 1 amide bonds. The Morgan fingerprint density at radius 1 is 1.33 bits per heavy atom. The van der Waals surface area contributed by atoms with Gasteiger partial charge in [0.15, 0.2) is 0 Å². The van der Waals surface area contributed by atoms with E-state index >= 15 is 0 Å². The van der Waals surface area contributed by atoms with Gasteiger partial charge in [0.1, 0.15) is 0 Å². The summed E-state index contributed by atoms with van der Waals surface area (Å²) in [5.74, 6) is -0.881. The van der Waals surface area contributed by atoms with Crippen molar-refractivity contribution in [3.63, 3.8) is 0 Å². The molecule has 0 radical (unpaired) electrons. The standard InChI is InChI=1S/C13H26N2O3/c1-6-14-10(2)9-11(16)15(13(3,4)5)8-7-12(17)18/h10,14H,6-9H2,1-5H3,(H,17,18). The molecular formula is C13H26N2O3. The van der Waals surface area contributed by atoms with Crippen LogP contribution in [0.15, 0.2) is 0 Å². The number of aliphatic carboxylic acids is 1. The van der Waals surface area contributed by atoms with Crippen molar-refractivity contribution in [3.05, 3.63) is 0 Å². The van der Waals surface area contributed by atoms with Crippen molar-refractivity contribution in [2.75, 3.05) is 13.1 Å². The van der Waals surface area contributed by atoms with Crippen LogP contribution in [0.1, 0.15) is 47.5 Å². The Kier molecular flexibility index (Phi) is 6.91. The van der Waals surface area contributed by atoms with E-state index in [1.165, 1.54) is 0 Å². The zero-order valence-electron chi connectivity index (χ0n) is 12.1. The number of carboxylic acid groups (broad SMARTS) is 1. The fraction of sp³-hybridized carbons (Fsp3) is 0.846. The van der Waals surface area contributed by atoms with Gasteiger partial charge in [0, 0.05) is 24.5 Å². The smallest absolute Gasteiger partial charge is 0.305 e. The van der Waals surface area contributed by atoms with E-state index in [0.29, 0.717) is 6.42 Å². The normalized spacial score (nSPS) is 13.2. The van der Waals surface area contributed by atoms with Gasteiger partial charge in [-0.25, -0.2) is 0 Å². The van der Waals surface area contributed by atoms with E-state index in [1.54, 1.807) is 4.90 Å². The molecule has 0 aliphatic rings. The van der Waals surface area contributed by atoms with Crippen molar-refractivity contribution in [1.82, 2.24) is 10.2 Å². The van der Waals surface area contributed by atoms with Gasteiger partial charge in [-0.3, -0.25) is 9.59 Å². The number of hydrogen-bond donors (Lipinski definition) is 2. The number of amides is 1. The van der Waals surface area contributed by atoms with Crippen LogP contribution in [0.2, 0.25) is 0 Å². The fourth-order valence-electron chi connectivity index (χ4n) is 1.83. The van der Waals surface area contributed by atoms with Gasteiger partial charge in [0.25, 0.3) is 0 Å².